The zero-order valence-corrected chi connectivity index (χ0v) is 26.2. The second-order valence-corrected chi connectivity index (χ2v) is 12.9. The molecule has 0 aliphatic carbocycles. The van der Waals surface area contributed by atoms with Crippen LogP contribution in [0.4, 0.5) is 5.69 Å². The fourth-order valence-corrected chi connectivity index (χ4v) is 7.83. The summed E-state index contributed by atoms with van der Waals surface area (Å²) in [5, 5.41) is 10.8. The van der Waals surface area contributed by atoms with E-state index in [1.54, 1.807) is 14.7 Å². The van der Waals surface area contributed by atoms with Crippen molar-refractivity contribution < 1.29 is 24.2 Å². The van der Waals surface area contributed by atoms with Crippen LogP contribution in [0.2, 0.25) is 0 Å². The van der Waals surface area contributed by atoms with Gasteiger partial charge in [0.05, 0.1) is 30.6 Å². The van der Waals surface area contributed by atoms with Crippen LogP contribution in [-0.4, -0.2) is 76.1 Å². The molecule has 46 heavy (non-hydrogen) atoms. The van der Waals surface area contributed by atoms with Gasteiger partial charge in [0.2, 0.25) is 11.8 Å². The number of amides is 3. The van der Waals surface area contributed by atoms with E-state index in [9.17, 15) is 19.5 Å². The standard InChI is InChI=1S/C38H39N3O5/c1-25-16-17-26(2)30(21-25)40-20-10-18-38-33(32-31(46-38)15-9-19-39(35(32)43)23-28-13-7-4-8-14-28)36(44)41(34(38)37(40)45)29(24-42)22-27-11-5-3-6-12-27/h3-18,21,29,31-34,42H,19-20,22-24H2,1-2H3/t29-,31+,32-,33+,34?,38+/m1/s1. The molecule has 4 aliphatic rings. The molecule has 0 bridgehead atoms. The van der Waals surface area contributed by atoms with Gasteiger partial charge in [-0.05, 0) is 48.6 Å². The van der Waals surface area contributed by atoms with E-state index in [0.717, 1.165) is 27.9 Å². The highest BCUT2D eigenvalue weighted by molar-refractivity contribution is 6.06. The van der Waals surface area contributed by atoms with Crippen LogP contribution < -0.4 is 4.90 Å². The number of rotatable bonds is 7. The Morgan fingerprint density at radius 2 is 1.59 bits per heavy atom. The Kier molecular flexibility index (Phi) is 7.87. The first kappa shape index (κ1) is 30.1. The number of aliphatic hydroxyl groups is 1. The van der Waals surface area contributed by atoms with E-state index >= 15 is 0 Å². The molecule has 0 saturated carbocycles. The summed E-state index contributed by atoms with van der Waals surface area (Å²) in [7, 11) is 0. The summed E-state index contributed by atoms with van der Waals surface area (Å²) in [6.07, 6.45) is 7.25. The predicted octanol–water partition coefficient (Wildman–Crippen LogP) is 3.99. The Hall–Kier alpha value is -4.53. The summed E-state index contributed by atoms with van der Waals surface area (Å²) in [4.78, 5) is 49.3. The highest BCUT2D eigenvalue weighted by atomic mass is 16.5. The van der Waals surface area contributed by atoms with Gasteiger partial charge in [0.1, 0.15) is 11.6 Å². The van der Waals surface area contributed by atoms with Gasteiger partial charge >= 0.3 is 0 Å². The van der Waals surface area contributed by atoms with Gasteiger partial charge in [-0.1, -0.05) is 97.1 Å². The third kappa shape index (κ3) is 4.96. The number of aliphatic hydroxyl groups excluding tert-OH is 1. The fourth-order valence-electron chi connectivity index (χ4n) is 7.83. The number of hydrogen-bond donors (Lipinski definition) is 1. The number of anilines is 1. The van der Waals surface area contributed by atoms with Crippen LogP contribution in [0.3, 0.4) is 0 Å². The molecule has 6 atom stereocenters. The average Bonchev–Trinajstić information content (AvgIpc) is 3.39. The van der Waals surface area contributed by atoms with Crippen LogP contribution in [0.1, 0.15) is 22.3 Å². The summed E-state index contributed by atoms with van der Waals surface area (Å²) in [6, 6.07) is 23.6. The number of likely N-dealkylation sites (tertiary alicyclic amines) is 1. The minimum absolute atomic E-state index is 0.172. The van der Waals surface area contributed by atoms with Gasteiger partial charge in [-0.2, -0.15) is 0 Å². The van der Waals surface area contributed by atoms with Crippen molar-refractivity contribution in [2.45, 2.75) is 50.6 Å². The van der Waals surface area contributed by atoms with Crippen LogP contribution in [0, 0.1) is 25.7 Å². The van der Waals surface area contributed by atoms with E-state index in [2.05, 4.69) is 0 Å². The minimum atomic E-state index is -1.38. The summed E-state index contributed by atoms with van der Waals surface area (Å²) in [5.74, 6) is -2.54. The lowest BCUT2D eigenvalue weighted by Crippen LogP contribution is -2.58. The lowest BCUT2D eigenvalue weighted by atomic mass is 9.77. The molecule has 3 aromatic rings. The number of carbonyl (C=O) groups excluding carboxylic acids is 3. The number of hydrogen-bond acceptors (Lipinski definition) is 5. The molecule has 236 valence electrons. The number of nitrogens with zero attached hydrogens (tertiary/aromatic N) is 3. The van der Waals surface area contributed by atoms with Crippen molar-refractivity contribution in [1.82, 2.24) is 9.80 Å². The van der Waals surface area contributed by atoms with Crippen molar-refractivity contribution in [3.05, 3.63) is 125 Å². The maximum atomic E-state index is 14.9. The van der Waals surface area contributed by atoms with Crippen molar-refractivity contribution in [3.8, 4) is 0 Å². The molecule has 4 aliphatic heterocycles. The summed E-state index contributed by atoms with van der Waals surface area (Å²) >= 11 is 0. The largest absolute Gasteiger partial charge is 0.394 e. The first-order chi connectivity index (χ1) is 22.3. The maximum Gasteiger partial charge on any atom is 0.253 e. The number of ether oxygens (including phenoxy) is 1. The van der Waals surface area contributed by atoms with Crippen molar-refractivity contribution in [2.24, 2.45) is 11.8 Å². The highest BCUT2D eigenvalue weighted by Crippen LogP contribution is 2.54. The maximum absolute atomic E-state index is 14.9. The van der Waals surface area contributed by atoms with Crippen LogP contribution in [0.5, 0.6) is 0 Å². The second-order valence-electron chi connectivity index (χ2n) is 12.9. The van der Waals surface area contributed by atoms with Gasteiger partial charge in [-0.3, -0.25) is 14.4 Å². The zero-order chi connectivity index (χ0) is 32.0. The van der Waals surface area contributed by atoms with Gasteiger partial charge in [-0.25, -0.2) is 0 Å². The van der Waals surface area contributed by atoms with Crippen molar-refractivity contribution in [2.75, 3.05) is 24.6 Å². The molecule has 8 heteroatoms. The lowest BCUT2D eigenvalue weighted by molar-refractivity contribution is -0.147. The van der Waals surface area contributed by atoms with Gasteiger partial charge in [-0.15, -0.1) is 0 Å². The van der Waals surface area contributed by atoms with Crippen molar-refractivity contribution in [3.63, 3.8) is 0 Å². The summed E-state index contributed by atoms with van der Waals surface area (Å²) in [5.41, 5.74) is 3.26. The van der Waals surface area contributed by atoms with Crippen LogP contribution >= 0.6 is 0 Å². The first-order valence-corrected chi connectivity index (χ1v) is 16.0. The molecule has 7 rings (SSSR count). The summed E-state index contributed by atoms with van der Waals surface area (Å²) in [6.45, 7) is 4.69. The fraction of sp³-hybridized carbons (Fsp3) is 0.342. The Labute approximate surface area is 269 Å². The molecule has 2 fully saturated rings. The molecule has 3 aromatic carbocycles. The van der Waals surface area contributed by atoms with Gasteiger partial charge in [0, 0.05) is 25.3 Å². The zero-order valence-electron chi connectivity index (χ0n) is 26.2. The summed E-state index contributed by atoms with van der Waals surface area (Å²) < 4.78 is 6.85. The van der Waals surface area contributed by atoms with E-state index in [-0.39, 0.29) is 24.3 Å². The first-order valence-electron chi connectivity index (χ1n) is 16.0. The molecule has 4 heterocycles. The number of aryl methyl sites for hydroxylation is 2. The van der Waals surface area contributed by atoms with Crippen LogP contribution in [0.15, 0.2) is 103 Å². The second kappa shape index (κ2) is 12.0. The van der Waals surface area contributed by atoms with E-state index in [1.165, 1.54) is 0 Å². The highest BCUT2D eigenvalue weighted by Gasteiger charge is 2.72. The molecule has 8 nitrogen and oxygen atoms in total. The third-order valence-corrected chi connectivity index (χ3v) is 9.97. The Morgan fingerprint density at radius 3 is 2.30 bits per heavy atom. The minimum Gasteiger partial charge on any atom is -0.394 e. The average molecular weight is 618 g/mol. The molecule has 3 amide bonds. The number of benzene rings is 3. The molecule has 1 N–H and O–H groups in total. The number of fused-ring (bicyclic) bond motifs is 2. The van der Waals surface area contributed by atoms with Crippen molar-refractivity contribution >= 4 is 23.4 Å². The van der Waals surface area contributed by atoms with Gasteiger partial charge in [0.25, 0.3) is 5.91 Å². The lowest BCUT2D eigenvalue weighted by Gasteiger charge is -2.39. The van der Waals surface area contributed by atoms with E-state index < -0.39 is 35.6 Å². The van der Waals surface area contributed by atoms with Crippen molar-refractivity contribution in [1.29, 1.82) is 0 Å². The predicted molar refractivity (Wildman–Crippen MR) is 175 cm³/mol. The SMILES string of the molecule is Cc1ccc(C)c(N2CC=C[C@]34O[C@H]5C=CCN(Cc6ccccc6)C(=O)[C@H]5[C@H]3C(=O)N([C@@H](CO)Cc3ccccc3)C4C2=O)c1. The quantitative estimate of drug-likeness (QED) is 0.405. The molecular weight excluding hydrogens is 578 g/mol. The molecule has 0 aromatic heterocycles. The normalized spacial score (nSPS) is 27.7. The molecule has 0 radical (unpaired) electrons. The Morgan fingerprint density at radius 1 is 0.870 bits per heavy atom. The third-order valence-electron chi connectivity index (χ3n) is 9.97. The molecule has 1 unspecified atom stereocenters. The topological polar surface area (TPSA) is 90.4 Å². The van der Waals surface area contributed by atoms with Crippen LogP contribution in [0.25, 0.3) is 0 Å². The molecule has 2 saturated heterocycles. The van der Waals surface area contributed by atoms with Gasteiger partial charge in [0.15, 0.2) is 0 Å². The Bertz CT molecular complexity index is 1710. The molecular formula is C38H39N3O5. The van der Waals surface area contributed by atoms with E-state index in [4.69, 9.17) is 4.74 Å². The smallest absolute Gasteiger partial charge is 0.253 e. The number of carbonyl (C=O) groups is 3. The van der Waals surface area contributed by atoms with Gasteiger partial charge < -0.3 is 24.5 Å². The van der Waals surface area contributed by atoms with Crippen LogP contribution in [-0.2, 0) is 32.1 Å². The van der Waals surface area contributed by atoms with E-state index in [1.807, 2.05) is 117 Å². The monoisotopic (exact) mass is 617 g/mol. The Balaban J connectivity index is 1.33. The molecule has 1 spiro atoms. The van der Waals surface area contributed by atoms with E-state index in [0.29, 0.717) is 26.1 Å².